The monoisotopic (exact) mass is 296 g/mol. The largest absolute Gasteiger partial charge is 0.481 e. The number of thiazole rings is 1. The number of hydrogen-bond acceptors (Lipinski definition) is 4. The fourth-order valence-corrected chi connectivity index (χ4v) is 4.14. The number of rotatable bonds is 6. The third kappa shape index (κ3) is 2.82. The molecule has 0 bridgehead atoms. The Morgan fingerprint density at radius 3 is 2.60 bits per heavy atom. The molecule has 0 amide bonds. The van der Waals surface area contributed by atoms with Gasteiger partial charge in [0.1, 0.15) is 5.92 Å². The molecular formula is C15H24N2O2S. The first kappa shape index (κ1) is 15.3. The summed E-state index contributed by atoms with van der Waals surface area (Å²) in [5.41, 5.74) is 0.882. The summed E-state index contributed by atoms with van der Waals surface area (Å²) in [7, 11) is 0. The van der Waals surface area contributed by atoms with Crippen molar-refractivity contribution in [2.24, 2.45) is 0 Å². The van der Waals surface area contributed by atoms with Crippen LogP contribution >= 0.6 is 11.3 Å². The van der Waals surface area contributed by atoms with Gasteiger partial charge < -0.3 is 10.4 Å². The van der Waals surface area contributed by atoms with Crippen LogP contribution in [0.15, 0.2) is 0 Å². The minimum absolute atomic E-state index is 0.0825. The van der Waals surface area contributed by atoms with E-state index in [9.17, 15) is 9.90 Å². The van der Waals surface area contributed by atoms with E-state index in [0.717, 1.165) is 47.8 Å². The van der Waals surface area contributed by atoms with Crippen LogP contribution in [-0.4, -0.2) is 21.6 Å². The summed E-state index contributed by atoms with van der Waals surface area (Å²) in [6.45, 7) is 6.56. The number of nitrogens with zero attached hydrogens (tertiary/aromatic N) is 1. The van der Waals surface area contributed by atoms with Gasteiger partial charge in [-0.3, -0.25) is 4.79 Å². The smallest absolute Gasteiger partial charge is 0.312 e. The van der Waals surface area contributed by atoms with E-state index in [-0.39, 0.29) is 5.54 Å². The first-order valence-corrected chi connectivity index (χ1v) is 8.37. The van der Waals surface area contributed by atoms with Crippen molar-refractivity contribution in [3.05, 3.63) is 10.6 Å². The molecule has 1 atom stereocenters. The molecule has 1 heterocycles. The maximum atomic E-state index is 11.3. The van der Waals surface area contributed by atoms with Crippen molar-refractivity contribution < 1.29 is 9.90 Å². The molecule has 1 aliphatic carbocycles. The van der Waals surface area contributed by atoms with E-state index in [1.807, 2.05) is 0 Å². The third-order valence-corrected chi connectivity index (χ3v) is 5.70. The van der Waals surface area contributed by atoms with Gasteiger partial charge in [-0.1, -0.05) is 20.8 Å². The van der Waals surface area contributed by atoms with Gasteiger partial charge in [0.25, 0.3) is 0 Å². The van der Waals surface area contributed by atoms with Crippen LogP contribution in [0.25, 0.3) is 0 Å². The number of hydrogen-bond donors (Lipinski definition) is 2. The highest BCUT2D eigenvalue weighted by Gasteiger charge is 2.31. The number of aromatic nitrogens is 1. The van der Waals surface area contributed by atoms with Gasteiger partial charge in [0.15, 0.2) is 5.13 Å². The molecule has 0 spiro atoms. The van der Waals surface area contributed by atoms with Crippen LogP contribution in [0.5, 0.6) is 0 Å². The topological polar surface area (TPSA) is 62.2 Å². The lowest BCUT2D eigenvalue weighted by Gasteiger charge is -2.31. The highest BCUT2D eigenvalue weighted by atomic mass is 32.1. The summed E-state index contributed by atoms with van der Waals surface area (Å²) in [5.74, 6) is -1.15. The maximum absolute atomic E-state index is 11.3. The number of nitrogens with one attached hydrogen (secondary N) is 1. The molecule has 0 saturated carbocycles. The summed E-state index contributed by atoms with van der Waals surface area (Å²) in [6.07, 6.45) is 5.78. The fraction of sp³-hybridized carbons (Fsp3) is 0.733. The Morgan fingerprint density at radius 1 is 1.40 bits per heavy atom. The van der Waals surface area contributed by atoms with E-state index in [0.29, 0.717) is 6.42 Å². The SMILES string of the molecule is CCC(CC)(CC)Nc1nc2c(s1)CCCC2C(=O)O. The van der Waals surface area contributed by atoms with Crippen LogP contribution in [0.4, 0.5) is 5.13 Å². The van der Waals surface area contributed by atoms with Gasteiger partial charge in [0, 0.05) is 10.4 Å². The Labute approximate surface area is 124 Å². The zero-order chi connectivity index (χ0) is 14.8. The second-order valence-corrected chi connectivity index (χ2v) is 6.66. The Morgan fingerprint density at radius 2 is 2.05 bits per heavy atom. The third-order valence-electron chi connectivity index (χ3n) is 4.65. The van der Waals surface area contributed by atoms with E-state index in [1.54, 1.807) is 11.3 Å². The number of aliphatic carboxylic acids is 1. The van der Waals surface area contributed by atoms with E-state index in [4.69, 9.17) is 0 Å². The first-order valence-electron chi connectivity index (χ1n) is 7.55. The lowest BCUT2D eigenvalue weighted by atomic mass is 9.90. The number of fused-ring (bicyclic) bond motifs is 1. The van der Waals surface area contributed by atoms with Crippen molar-refractivity contribution >= 4 is 22.4 Å². The number of anilines is 1. The number of aryl methyl sites for hydroxylation is 1. The molecule has 0 aromatic carbocycles. The zero-order valence-electron chi connectivity index (χ0n) is 12.5. The zero-order valence-corrected chi connectivity index (χ0v) is 13.3. The molecule has 5 heteroatoms. The molecule has 112 valence electrons. The van der Waals surface area contributed by atoms with Gasteiger partial charge in [0.2, 0.25) is 0 Å². The molecule has 1 aromatic rings. The highest BCUT2D eigenvalue weighted by molar-refractivity contribution is 7.15. The second-order valence-electron chi connectivity index (χ2n) is 5.58. The van der Waals surface area contributed by atoms with Crippen LogP contribution in [0, 0.1) is 0 Å². The number of carboxylic acids is 1. The second kappa shape index (κ2) is 6.12. The molecular weight excluding hydrogens is 272 g/mol. The van der Waals surface area contributed by atoms with E-state index < -0.39 is 11.9 Å². The molecule has 4 nitrogen and oxygen atoms in total. The Kier molecular flexibility index (Phi) is 4.68. The lowest BCUT2D eigenvalue weighted by molar-refractivity contribution is -0.139. The lowest BCUT2D eigenvalue weighted by Crippen LogP contribution is -2.36. The van der Waals surface area contributed by atoms with Crippen LogP contribution in [-0.2, 0) is 11.2 Å². The Hall–Kier alpha value is -1.10. The first-order chi connectivity index (χ1) is 9.55. The molecule has 0 saturated heterocycles. The average molecular weight is 296 g/mol. The predicted molar refractivity (Wildman–Crippen MR) is 82.7 cm³/mol. The highest BCUT2D eigenvalue weighted by Crippen LogP contribution is 2.38. The summed E-state index contributed by atoms with van der Waals surface area (Å²) in [6, 6.07) is 0. The van der Waals surface area contributed by atoms with E-state index in [1.165, 1.54) is 0 Å². The molecule has 2 rings (SSSR count). The molecule has 1 unspecified atom stereocenters. The van der Waals surface area contributed by atoms with E-state index in [2.05, 4.69) is 31.1 Å². The van der Waals surface area contributed by atoms with E-state index >= 15 is 0 Å². The van der Waals surface area contributed by atoms with Gasteiger partial charge in [0.05, 0.1) is 5.69 Å². The van der Waals surface area contributed by atoms with Crippen LogP contribution in [0.3, 0.4) is 0 Å². The number of carbonyl (C=O) groups is 1. The van der Waals surface area contributed by atoms with Crippen molar-refractivity contribution in [2.45, 2.75) is 70.8 Å². The van der Waals surface area contributed by atoms with Crippen molar-refractivity contribution in [3.63, 3.8) is 0 Å². The molecule has 2 N–H and O–H groups in total. The van der Waals surface area contributed by atoms with Gasteiger partial charge in [-0.2, -0.15) is 0 Å². The summed E-state index contributed by atoms with van der Waals surface area (Å²) in [5, 5.41) is 13.8. The fourth-order valence-electron chi connectivity index (χ4n) is 2.95. The summed E-state index contributed by atoms with van der Waals surface area (Å²) >= 11 is 1.64. The Balaban J connectivity index is 2.25. The molecule has 1 aromatic heterocycles. The Bertz CT molecular complexity index is 472. The number of carboxylic acid groups (broad SMARTS) is 1. The molecule has 1 aliphatic rings. The minimum Gasteiger partial charge on any atom is -0.481 e. The van der Waals surface area contributed by atoms with Crippen molar-refractivity contribution in [1.82, 2.24) is 4.98 Å². The standard InChI is InChI=1S/C15H24N2O2S/c1-4-15(5-2,6-3)17-14-16-12-10(13(18)19)8-7-9-11(12)20-14/h10H,4-9H2,1-3H3,(H,16,17)(H,18,19). The minimum atomic E-state index is -0.740. The van der Waals surface area contributed by atoms with Crippen LogP contribution < -0.4 is 5.32 Å². The predicted octanol–water partition coefficient (Wildman–Crippen LogP) is 4.03. The van der Waals surface area contributed by atoms with Gasteiger partial charge in [-0.15, -0.1) is 11.3 Å². The maximum Gasteiger partial charge on any atom is 0.312 e. The molecule has 0 aliphatic heterocycles. The summed E-state index contributed by atoms with van der Waals surface area (Å²) < 4.78 is 0. The molecule has 0 fully saturated rings. The average Bonchev–Trinajstić information content (AvgIpc) is 2.86. The summed E-state index contributed by atoms with van der Waals surface area (Å²) in [4.78, 5) is 17.1. The molecule has 0 radical (unpaired) electrons. The van der Waals surface area contributed by atoms with Gasteiger partial charge in [-0.25, -0.2) is 4.98 Å². The van der Waals surface area contributed by atoms with Crippen molar-refractivity contribution in [3.8, 4) is 0 Å². The van der Waals surface area contributed by atoms with Crippen LogP contribution in [0.2, 0.25) is 0 Å². The van der Waals surface area contributed by atoms with Crippen molar-refractivity contribution in [1.29, 1.82) is 0 Å². The van der Waals surface area contributed by atoms with Crippen LogP contribution in [0.1, 0.15) is 69.4 Å². The quantitative estimate of drug-likeness (QED) is 0.832. The van der Waals surface area contributed by atoms with Gasteiger partial charge in [-0.05, 0) is 38.5 Å². The van der Waals surface area contributed by atoms with Crippen molar-refractivity contribution in [2.75, 3.05) is 5.32 Å². The van der Waals surface area contributed by atoms with Gasteiger partial charge >= 0.3 is 5.97 Å². The normalized spacial score (nSPS) is 18.6. The molecule has 20 heavy (non-hydrogen) atoms.